The molecule has 1 N–H and O–H groups in total. The molecule has 2 aliphatic rings. The Kier molecular flexibility index (Phi) is 34.8. The van der Waals surface area contributed by atoms with Gasteiger partial charge in [-0.3, -0.25) is 38.5 Å². The molecule has 3 aromatic rings. The lowest BCUT2D eigenvalue weighted by Crippen LogP contribution is -2.43. The maximum Gasteiger partial charge on any atom is 0.306 e. The number of Topliss-reactive ketones (excluding diaryl/α,β-unsaturated/α-hetero) is 1. The molecule has 1 fully saturated rings. The van der Waals surface area contributed by atoms with Crippen molar-refractivity contribution in [1.29, 1.82) is 0 Å². The van der Waals surface area contributed by atoms with Crippen LogP contribution in [0.4, 0.5) is 8.78 Å². The van der Waals surface area contributed by atoms with Crippen molar-refractivity contribution >= 4 is 62.8 Å². The summed E-state index contributed by atoms with van der Waals surface area (Å²) in [6, 6.07) is 4.50. The van der Waals surface area contributed by atoms with Gasteiger partial charge in [0.2, 0.25) is 23.6 Å². The Hall–Kier alpha value is -6.17. The van der Waals surface area contributed by atoms with Crippen LogP contribution in [-0.2, 0) is 89.2 Å². The third-order valence-corrected chi connectivity index (χ3v) is 15.7. The van der Waals surface area contributed by atoms with Gasteiger partial charge in [-0.25, -0.2) is 8.78 Å². The number of unbranched alkanes of at least 4 members (excludes halogenated alkanes) is 1. The highest BCUT2D eigenvalue weighted by atomic mass is 32.1. The first-order valence-corrected chi connectivity index (χ1v) is 31.7. The van der Waals surface area contributed by atoms with E-state index in [9.17, 15) is 33.6 Å². The molecule has 0 spiro atoms. The predicted octanol–water partition coefficient (Wildman–Crippen LogP) is 6.97. The maximum atomic E-state index is 16.1. The number of esters is 2. The molecule has 4 amide bonds. The normalized spacial score (nSPS) is 14.5. The molecule has 2 aliphatic heterocycles. The number of amides is 4. The molecule has 0 radical (unpaired) electrons. The molecule has 504 valence electrons. The second-order valence-electron chi connectivity index (χ2n) is 21.3. The number of hydrogen-bond donors (Lipinski definition) is 1. The number of hydrogen-bond acceptors (Lipinski definition) is 22. The number of methoxy groups -OCH3 is 3. The van der Waals surface area contributed by atoms with Crippen molar-refractivity contribution in [3.05, 3.63) is 45.8 Å². The number of benzene rings is 2. The second-order valence-corrected chi connectivity index (χ2v) is 22.3. The highest BCUT2D eigenvalue weighted by Gasteiger charge is 2.43. The van der Waals surface area contributed by atoms with Crippen molar-refractivity contribution in [2.45, 2.75) is 111 Å². The summed E-state index contributed by atoms with van der Waals surface area (Å²) in [5, 5.41) is 2.71. The largest absolute Gasteiger partial charge is 0.493 e. The number of imide groups is 1. The smallest absolute Gasteiger partial charge is 0.306 e. The highest BCUT2D eigenvalue weighted by Crippen LogP contribution is 2.42. The Morgan fingerprint density at radius 1 is 0.633 bits per heavy atom. The van der Waals surface area contributed by atoms with Gasteiger partial charge in [-0.05, 0) is 43.4 Å². The minimum absolute atomic E-state index is 0.00674. The van der Waals surface area contributed by atoms with Crippen molar-refractivity contribution in [3.8, 4) is 23.0 Å². The van der Waals surface area contributed by atoms with E-state index in [0.717, 1.165) is 48.3 Å². The monoisotopic (exact) mass is 1300 g/mol. The average Bonchev–Trinajstić information content (AvgIpc) is 1.79. The first kappa shape index (κ1) is 74.6. The van der Waals surface area contributed by atoms with Crippen LogP contribution in [0.5, 0.6) is 23.0 Å². The molecule has 2 aromatic carbocycles. The highest BCUT2D eigenvalue weighted by molar-refractivity contribution is 7.20. The summed E-state index contributed by atoms with van der Waals surface area (Å²) < 4.78 is 109. The quantitative estimate of drug-likeness (QED) is 0.0259. The summed E-state index contributed by atoms with van der Waals surface area (Å²) in [5.41, 5.74) is 0.763. The zero-order chi connectivity index (χ0) is 65.0. The number of carbonyl (C=O) groups is 7. The molecule has 24 nitrogen and oxygen atoms in total. The van der Waals surface area contributed by atoms with Gasteiger partial charge >= 0.3 is 11.9 Å². The summed E-state index contributed by atoms with van der Waals surface area (Å²) in [4.78, 5) is 92.9. The van der Waals surface area contributed by atoms with Crippen LogP contribution in [0.25, 0.3) is 10.1 Å². The van der Waals surface area contributed by atoms with E-state index in [4.69, 9.17) is 66.3 Å². The molecule has 3 heterocycles. The minimum Gasteiger partial charge on any atom is -0.493 e. The van der Waals surface area contributed by atoms with Crippen molar-refractivity contribution in [1.82, 2.24) is 15.1 Å². The molecular weight excluding hydrogens is 1200 g/mol. The van der Waals surface area contributed by atoms with Crippen LogP contribution < -0.4 is 24.3 Å². The van der Waals surface area contributed by atoms with Gasteiger partial charge in [0.1, 0.15) is 19.3 Å². The van der Waals surface area contributed by atoms with E-state index in [1.54, 1.807) is 20.1 Å². The van der Waals surface area contributed by atoms with Gasteiger partial charge in [0.05, 0.1) is 157 Å². The topological polar surface area (TPSA) is 267 Å². The first-order valence-electron chi connectivity index (χ1n) is 30.9. The standard InChI is InChI=1S/C63H91F2N3O21S/c1-7-9-12-44(11-8-2)46-37-56(72)68(63(46)75)42-54(70)66-39-43(3)89-58(74)15-13-49(69)53-36-47-52(90-53)38-51(78-6)62(59(47)64)88-18-10-17-87-61-50(77-5)35-45-40-67(41-48(45)60(61)65)55(71)14-16-57(73)86-34-33-85-32-31-84-30-29-83-28-27-82-26-25-81-24-23-80-22-21-79-20-19-76-4/h35-36,38,43-44,46H,7-34,37,39-42H2,1-6H3,(H,66,70)/t43-,44?,46?/m0/s1. The fourth-order valence-corrected chi connectivity index (χ4v) is 10.9. The van der Waals surface area contributed by atoms with Gasteiger partial charge in [-0.1, -0.05) is 33.1 Å². The lowest BCUT2D eigenvalue weighted by Gasteiger charge is -2.22. The summed E-state index contributed by atoms with van der Waals surface area (Å²) in [6.07, 6.45) is 3.12. The van der Waals surface area contributed by atoms with E-state index >= 15 is 8.78 Å². The zero-order valence-electron chi connectivity index (χ0n) is 52.9. The van der Waals surface area contributed by atoms with Crippen molar-refractivity contribution in [3.63, 3.8) is 0 Å². The zero-order valence-corrected chi connectivity index (χ0v) is 53.7. The Morgan fingerprint density at radius 2 is 1.19 bits per heavy atom. The molecular formula is C63H91F2N3O21S. The molecule has 90 heavy (non-hydrogen) atoms. The first-order chi connectivity index (χ1) is 43.6. The Morgan fingerprint density at radius 3 is 1.76 bits per heavy atom. The van der Waals surface area contributed by atoms with Crippen LogP contribution in [-0.4, -0.2) is 211 Å². The van der Waals surface area contributed by atoms with Crippen LogP contribution in [0.3, 0.4) is 0 Å². The van der Waals surface area contributed by atoms with Crippen LogP contribution >= 0.6 is 11.3 Å². The minimum atomic E-state index is -0.784. The lowest BCUT2D eigenvalue weighted by atomic mass is 9.83. The van der Waals surface area contributed by atoms with Gasteiger partial charge in [0.15, 0.2) is 40.4 Å². The fourth-order valence-electron chi connectivity index (χ4n) is 9.82. The summed E-state index contributed by atoms with van der Waals surface area (Å²) in [6.45, 7) is 11.4. The third kappa shape index (κ3) is 25.1. The number of rotatable bonds is 50. The predicted molar refractivity (Wildman–Crippen MR) is 324 cm³/mol. The molecule has 2 unspecified atom stereocenters. The number of likely N-dealkylation sites (tertiary alicyclic amines) is 1. The number of fused-ring (bicyclic) bond motifs is 2. The van der Waals surface area contributed by atoms with Crippen LogP contribution in [0.15, 0.2) is 18.2 Å². The number of nitrogens with zero attached hydrogens (tertiary/aromatic N) is 2. The van der Waals surface area contributed by atoms with Gasteiger partial charge < -0.3 is 76.5 Å². The summed E-state index contributed by atoms with van der Waals surface area (Å²) in [5.74, 6) is -5.40. The number of thiophene rings is 1. The third-order valence-electron chi connectivity index (χ3n) is 14.5. The number of nitrogens with one attached hydrogen (secondary N) is 1. The van der Waals surface area contributed by atoms with E-state index < -0.39 is 53.8 Å². The van der Waals surface area contributed by atoms with Gasteiger partial charge in [0, 0.05) is 67.6 Å². The van der Waals surface area contributed by atoms with Crippen molar-refractivity contribution in [2.24, 2.45) is 11.8 Å². The van der Waals surface area contributed by atoms with Gasteiger partial charge in [0.25, 0.3) is 0 Å². The van der Waals surface area contributed by atoms with Gasteiger partial charge in [-0.15, -0.1) is 11.3 Å². The number of ether oxygens (including phenoxy) is 14. The molecule has 0 bridgehead atoms. The Balaban J connectivity index is 0.924. The molecule has 3 atom stereocenters. The van der Waals surface area contributed by atoms with E-state index in [-0.39, 0.29) is 154 Å². The molecule has 1 saturated heterocycles. The molecule has 0 saturated carbocycles. The summed E-state index contributed by atoms with van der Waals surface area (Å²) >= 11 is 1.01. The molecule has 5 rings (SSSR count). The average molecular weight is 1300 g/mol. The number of carbonyl (C=O) groups excluding carboxylic acids is 7. The van der Waals surface area contributed by atoms with E-state index in [1.165, 1.54) is 31.3 Å². The van der Waals surface area contributed by atoms with Crippen LogP contribution in [0, 0.1) is 23.5 Å². The van der Waals surface area contributed by atoms with Crippen LogP contribution in [0.1, 0.15) is 112 Å². The van der Waals surface area contributed by atoms with Crippen molar-refractivity contribution in [2.75, 3.05) is 153 Å². The van der Waals surface area contributed by atoms with Gasteiger partial charge in [-0.2, -0.15) is 0 Å². The van der Waals surface area contributed by atoms with Crippen molar-refractivity contribution < 1.29 is 109 Å². The SMILES string of the molecule is CCCCC(CCC)C1CC(=O)N(CC(=O)NC[C@H](C)OC(=O)CCC(=O)c2cc3c(F)c(OCCCOc4c(OC)cc5c(c4F)CN(C(=O)CCC(=O)OCCOCCOCCOCCOCCOCCOCCOCCOC)C5)c(OC)cc3s2)C1=O. The molecule has 0 aliphatic carbocycles. The van der Waals surface area contributed by atoms with E-state index in [0.29, 0.717) is 96.2 Å². The van der Waals surface area contributed by atoms with Crippen LogP contribution in [0.2, 0.25) is 0 Å². The molecule has 1 aromatic heterocycles. The maximum absolute atomic E-state index is 16.1. The fraction of sp³-hybridized carbons (Fsp3) is 0.667. The second kappa shape index (κ2) is 42.1. The summed E-state index contributed by atoms with van der Waals surface area (Å²) in [7, 11) is 4.32. The Bertz CT molecular complexity index is 2730. The number of ketones is 1. The number of halogens is 2. The van der Waals surface area contributed by atoms with E-state index in [1.807, 2.05) is 6.92 Å². The Labute approximate surface area is 529 Å². The molecule has 27 heteroatoms. The van der Waals surface area contributed by atoms with E-state index in [2.05, 4.69) is 12.2 Å². The lowest BCUT2D eigenvalue weighted by molar-refractivity contribution is -0.148.